The van der Waals surface area contributed by atoms with Crippen molar-refractivity contribution in [3.8, 4) is 0 Å². The Bertz CT molecular complexity index is 111. The summed E-state index contributed by atoms with van der Waals surface area (Å²) in [6.45, 7) is 0. The molecule has 0 heterocycles. The Balaban J connectivity index is 2.52. The molecule has 0 aromatic rings. The van der Waals surface area contributed by atoms with Gasteiger partial charge >= 0.3 is 0 Å². The van der Waals surface area contributed by atoms with Crippen molar-refractivity contribution in [3.63, 3.8) is 0 Å². The van der Waals surface area contributed by atoms with Gasteiger partial charge in [-0.1, -0.05) is 28.1 Å². The number of alkyl halides is 1. The average Bonchev–Trinajstić information content (AvgIpc) is 2.14. The lowest BCUT2D eigenvalue weighted by atomic mass is 10.3. The minimum Gasteiger partial charge on any atom is -0.0876 e. The summed E-state index contributed by atoms with van der Waals surface area (Å²) in [4.78, 5) is 0. The third-order valence-electron chi connectivity index (χ3n) is 0.910. The molecule has 0 spiro atoms. The molecule has 0 saturated carbocycles. The SMILES string of the molecule is BrCC1=[C]CC=C1. The van der Waals surface area contributed by atoms with Crippen molar-refractivity contribution in [1.82, 2.24) is 0 Å². The van der Waals surface area contributed by atoms with Crippen molar-refractivity contribution < 1.29 is 0 Å². The summed E-state index contributed by atoms with van der Waals surface area (Å²) in [6.07, 6.45) is 8.37. The lowest BCUT2D eigenvalue weighted by Gasteiger charge is -1.81. The summed E-state index contributed by atoms with van der Waals surface area (Å²) in [7, 11) is 0. The number of rotatable bonds is 1. The van der Waals surface area contributed by atoms with E-state index in [0.29, 0.717) is 0 Å². The molecule has 0 unspecified atom stereocenters. The normalized spacial score (nSPS) is 17.6. The standard InChI is InChI=1S/C6H6Br/c7-5-6-3-1-2-4-6/h1,3H,2,5H2. The van der Waals surface area contributed by atoms with Gasteiger partial charge in [-0.25, -0.2) is 0 Å². The van der Waals surface area contributed by atoms with Crippen LogP contribution in [0.1, 0.15) is 6.42 Å². The molecule has 0 nitrogen and oxygen atoms in total. The molecular formula is C6H6Br. The van der Waals surface area contributed by atoms with E-state index in [2.05, 4.69) is 34.2 Å². The summed E-state index contributed by atoms with van der Waals surface area (Å²) >= 11 is 3.33. The fourth-order valence-corrected chi connectivity index (χ4v) is 0.927. The number of hydrogen-bond acceptors (Lipinski definition) is 0. The molecule has 1 aliphatic carbocycles. The first kappa shape index (κ1) is 5.10. The van der Waals surface area contributed by atoms with Crippen LogP contribution < -0.4 is 0 Å². The molecule has 0 atom stereocenters. The highest BCUT2D eigenvalue weighted by molar-refractivity contribution is 9.09. The third kappa shape index (κ3) is 1.16. The highest BCUT2D eigenvalue weighted by Gasteiger charge is 1.92. The summed E-state index contributed by atoms with van der Waals surface area (Å²) < 4.78 is 0. The minimum absolute atomic E-state index is 0.948. The molecule has 37 valence electrons. The Morgan fingerprint density at radius 2 is 2.71 bits per heavy atom. The van der Waals surface area contributed by atoms with E-state index in [1.807, 2.05) is 0 Å². The average molecular weight is 158 g/mol. The van der Waals surface area contributed by atoms with Gasteiger partial charge in [0.2, 0.25) is 0 Å². The van der Waals surface area contributed by atoms with Crippen LogP contribution >= 0.6 is 15.9 Å². The summed E-state index contributed by atoms with van der Waals surface area (Å²) in [5.74, 6) is 0. The maximum Gasteiger partial charge on any atom is 0.0285 e. The van der Waals surface area contributed by atoms with Crippen molar-refractivity contribution in [2.45, 2.75) is 6.42 Å². The summed E-state index contributed by atoms with van der Waals surface area (Å²) in [5.41, 5.74) is 1.28. The van der Waals surface area contributed by atoms with Crippen LogP contribution in [0.5, 0.6) is 0 Å². The van der Waals surface area contributed by atoms with Gasteiger partial charge in [-0.3, -0.25) is 0 Å². The van der Waals surface area contributed by atoms with Gasteiger partial charge < -0.3 is 0 Å². The van der Waals surface area contributed by atoms with Crippen LogP contribution in [-0.4, -0.2) is 5.33 Å². The van der Waals surface area contributed by atoms with E-state index in [9.17, 15) is 0 Å². The molecule has 1 aliphatic rings. The van der Waals surface area contributed by atoms with Crippen LogP contribution in [0, 0.1) is 6.08 Å². The van der Waals surface area contributed by atoms with Crippen LogP contribution in [0.15, 0.2) is 17.7 Å². The van der Waals surface area contributed by atoms with Gasteiger partial charge in [0.1, 0.15) is 0 Å². The Hall–Kier alpha value is -0.0400. The lowest BCUT2D eigenvalue weighted by Crippen LogP contribution is -1.70. The van der Waals surface area contributed by atoms with E-state index < -0.39 is 0 Å². The van der Waals surface area contributed by atoms with Crippen molar-refractivity contribution in [1.29, 1.82) is 0 Å². The second-order valence-electron chi connectivity index (χ2n) is 1.44. The summed E-state index contributed by atoms with van der Waals surface area (Å²) in [6, 6.07) is 0. The first-order chi connectivity index (χ1) is 3.43. The van der Waals surface area contributed by atoms with Crippen LogP contribution in [0.3, 0.4) is 0 Å². The zero-order valence-corrected chi connectivity index (χ0v) is 5.53. The van der Waals surface area contributed by atoms with Gasteiger partial charge in [0, 0.05) is 5.33 Å². The predicted octanol–water partition coefficient (Wildman–Crippen LogP) is 2.07. The molecule has 0 amide bonds. The van der Waals surface area contributed by atoms with Gasteiger partial charge in [-0.2, -0.15) is 0 Å². The third-order valence-corrected chi connectivity index (χ3v) is 1.51. The van der Waals surface area contributed by atoms with Gasteiger partial charge in [-0.05, 0) is 18.1 Å². The van der Waals surface area contributed by atoms with Crippen LogP contribution in [-0.2, 0) is 0 Å². The monoisotopic (exact) mass is 157 g/mol. The van der Waals surface area contributed by atoms with E-state index in [4.69, 9.17) is 0 Å². The number of hydrogen-bond donors (Lipinski definition) is 0. The Labute approximate surface area is 52.0 Å². The molecule has 0 N–H and O–H groups in total. The number of halogens is 1. The molecule has 1 heteroatoms. The second-order valence-corrected chi connectivity index (χ2v) is 2.00. The fourth-order valence-electron chi connectivity index (χ4n) is 0.542. The van der Waals surface area contributed by atoms with Gasteiger partial charge in [0.25, 0.3) is 0 Å². The van der Waals surface area contributed by atoms with E-state index >= 15 is 0 Å². The molecule has 0 saturated heterocycles. The largest absolute Gasteiger partial charge is 0.0876 e. The van der Waals surface area contributed by atoms with Crippen LogP contribution in [0.4, 0.5) is 0 Å². The molecule has 0 aromatic heterocycles. The maximum absolute atomic E-state index is 3.33. The summed E-state index contributed by atoms with van der Waals surface area (Å²) in [5, 5.41) is 0.948. The molecule has 7 heavy (non-hydrogen) atoms. The quantitative estimate of drug-likeness (QED) is 0.512. The van der Waals surface area contributed by atoms with Gasteiger partial charge in [-0.15, -0.1) is 0 Å². The first-order valence-electron chi connectivity index (χ1n) is 2.25. The molecular weight excluding hydrogens is 152 g/mol. The second kappa shape index (κ2) is 2.31. The molecule has 1 radical (unpaired) electrons. The zero-order chi connectivity index (χ0) is 5.11. The van der Waals surface area contributed by atoms with E-state index in [1.165, 1.54) is 5.57 Å². The zero-order valence-electron chi connectivity index (χ0n) is 3.95. The highest BCUT2D eigenvalue weighted by atomic mass is 79.9. The van der Waals surface area contributed by atoms with E-state index in [-0.39, 0.29) is 0 Å². The molecule has 1 rings (SSSR count). The van der Waals surface area contributed by atoms with E-state index in [1.54, 1.807) is 0 Å². The lowest BCUT2D eigenvalue weighted by molar-refractivity contribution is 1.37. The van der Waals surface area contributed by atoms with Crippen molar-refractivity contribution in [3.05, 3.63) is 23.8 Å². The Kier molecular flexibility index (Phi) is 1.69. The number of allylic oxidation sites excluding steroid dienone is 4. The first-order valence-corrected chi connectivity index (χ1v) is 3.38. The molecule has 0 fully saturated rings. The van der Waals surface area contributed by atoms with Gasteiger partial charge in [0.05, 0.1) is 0 Å². The van der Waals surface area contributed by atoms with Crippen molar-refractivity contribution in [2.24, 2.45) is 0 Å². The molecule has 0 aromatic carbocycles. The van der Waals surface area contributed by atoms with Gasteiger partial charge in [0.15, 0.2) is 0 Å². The van der Waals surface area contributed by atoms with Crippen molar-refractivity contribution in [2.75, 3.05) is 5.33 Å². The van der Waals surface area contributed by atoms with E-state index in [0.717, 1.165) is 11.8 Å². The van der Waals surface area contributed by atoms with Crippen LogP contribution in [0.25, 0.3) is 0 Å². The fraction of sp³-hybridized carbons (Fsp3) is 0.333. The Morgan fingerprint density at radius 3 is 3.00 bits per heavy atom. The smallest absolute Gasteiger partial charge is 0.0285 e. The predicted molar refractivity (Wildman–Crippen MR) is 34.3 cm³/mol. The highest BCUT2D eigenvalue weighted by Crippen LogP contribution is 2.08. The molecule has 0 aliphatic heterocycles. The molecule has 0 bridgehead atoms. The minimum atomic E-state index is 0.948. The maximum atomic E-state index is 3.33. The van der Waals surface area contributed by atoms with Crippen molar-refractivity contribution >= 4 is 15.9 Å². The topological polar surface area (TPSA) is 0 Å². The van der Waals surface area contributed by atoms with Crippen LogP contribution in [0.2, 0.25) is 0 Å². The Morgan fingerprint density at radius 1 is 1.86 bits per heavy atom.